The van der Waals surface area contributed by atoms with Crippen molar-refractivity contribution in [2.75, 3.05) is 18.0 Å². The maximum Gasteiger partial charge on any atom is 0.275 e. The Bertz CT molecular complexity index is 703. The van der Waals surface area contributed by atoms with Crippen LogP contribution in [0.25, 0.3) is 4.96 Å². The third kappa shape index (κ3) is 2.95. The Kier molecular flexibility index (Phi) is 3.73. The first-order chi connectivity index (χ1) is 9.98. The van der Waals surface area contributed by atoms with Crippen LogP contribution in [0.15, 0.2) is 10.9 Å². The highest BCUT2D eigenvalue weighted by atomic mass is 32.1. The van der Waals surface area contributed by atoms with Crippen molar-refractivity contribution in [3.8, 4) is 0 Å². The molecule has 0 aromatic carbocycles. The maximum absolute atomic E-state index is 12.1. The Balaban J connectivity index is 1.97. The van der Waals surface area contributed by atoms with Gasteiger partial charge in [0.2, 0.25) is 10.1 Å². The Hall–Kier alpha value is -1.43. The highest BCUT2D eigenvalue weighted by Gasteiger charge is 2.28. The largest absolute Gasteiger partial charge is 0.346 e. The van der Waals surface area contributed by atoms with E-state index in [9.17, 15) is 4.79 Å². The number of anilines is 1. The lowest BCUT2D eigenvalue weighted by Gasteiger charge is -2.37. The van der Waals surface area contributed by atoms with Crippen LogP contribution in [0, 0.1) is 5.41 Å². The highest BCUT2D eigenvalue weighted by Crippen LogP contribution is 2.33. The second kappa shape index (κ2) is 5.40. The molecule has 0 unspecified atom stereocenters. The predicted molar refractivity (Wildman–Crippen MR) is 86.4 cm³/mol. The van der Waals surface area contributed by atoms with Crippen molar-refractivity contribution in [1.82, 2.24) is 14.6 Å². The van der Waals surface area contributed by atoms with E-state index in [0.717, 1.165) is 36.8 Å². The van der Waals surface area contributed by atoms with Gasteiger partial charge in [-0.05, 0) is 24.7 Å². The SMILES string of the molecule is CCCc1cc(=O)n2nc(N3CCCC(C)(C)C3)sc2n1. The number of rotatable bonds is 3. The predicted octanol–water partition coefficient (Wildman–Crippen LogP) is 2.73. The van der Waals surface area contributed by atoms with Crippen LogP contribution in [0.5, 0.6) is 0 Å². The van der Waals surface area contributed by atoms with E-state index in [4.69, 9.17) is 0 Å². The molecular weight excluding hydrogens is 284 g/mol. The smallest absolute Gasteiger partial charge is 0.275 e. The molecule has 1 saturated heterocycles. The van der Waals surface area contributed by atoms with Crippen LogP contribution >= 0.6 is 11.3 Å². The lowest BCUT2D eigenvalue weighted by Crippen LogP contribution is -2.40. The molecule has 2 aromatic heterocycles. The van der Waals surface area contributed by atoms with Crippen molar-refractivity contribution in [2.45, 2.75) is 46.5 Å². The number of hydrogen-bond acceptors (Lipinski definition) is 5. The van der Waals surface area contributed by atoms with Gasteiger partial charge in [-0.15, -0.1) is 5.10 Å². The maximum atomic E-state index is 12.1. The molecule has 5 nitrogen and oxygen atoms in total. The number of aromatic nitrogens is 3. The van der Waals surface area contributed by atoms with Crippen LogP contribution in [0.3, 0.4) is 0 Å². The van der Waals surface area contributed by atoms with Crippen LogP contribution in [0.1, 0.15) is 45.7 Å². The summed E-state index contributed by atoms with van der Waals surface area (Å²) in [6.07, 6.45) is 4.25. The highest BCUT2D eigenvalue weighted by molar-refractivity contribution is 7.20. The van der Waals surface area contributed by atoms with Gasteiger partial charge in [0, 0.05) is 24.8 Å². The molecule has 1 aliphatic heterocycles. The minimum Gasteiger partial charge on any atom is -0.346 e. The number of aryl methyl sites for hydroxylation is 1. The summed E-state index contributed by atoms with van der Waals surface area (Å²) in [4.78, 5) is 19.7. The van der Waals surface area contributed by atoms with E-state index in [1.54, 1.807) is 6.07 Å². The molecule has 0 amide bonds. The van der Waals surface area contributed by atoms with Gasteiger partial charge in [0.25, 0.3) is 5.56 Å². The molecule has 6 heteroatoms. The summed E-state index contributed by atoms with van der Waals surface area (Å²) in [5.41, 5.74) is 1.11. The Morgan fingerprint density at radius 3 is 2.95 bits per heavy atom. The number of hydrogen-bond donors (Lipinski definition) is 0. The lowest BCUT2D eigenvalue weighted by atomic mass is 9.84. The first-order valence-corrected chi connectivity index (χ1v) is 8.45. The summed E-state index contributed by atoms with van der Waals surface area (Å²) in [6.45, 7) is 8.67. The normalized spacial score (nSPS) is 18.3. The molecule has 3 rings (SSSR count). The van der Waals surface area contributed by atoms with Crippen molar-refractivity contribution < 1.29 is 0 Å². The average molecular weight is 306 g/mol. The van der Waals surface area contributed by atoms with E-state index >= 15 is 0 Å². The fraction of sp³-hybridized carbons (Fsp3) is 0.667. The van der Waals surface area contributed by atoms with Gasteiger partial charge in [-0.25, -0.2) is 4.98 Å². The molecule has 2 aromatic rings. The van der Waals surface area contributed by atoms with Gasteiger partial charge in [-0.1, -0.05) is 38.5 Å². The second-order valence-electron chi connectivity index (χ2n) is 6.60. The molecule has 1 fully saturated rings. The fourth-order valence-corrected chi connectivity index (χ4v) is 3.90. The summed E-state index contributed by atoms with van der Waals surface area (Å²) in [6, 6.07) is 1.61. The molecule has 0 atom stereocenters. The molecule has 3 heterocycles. The van der Waals surface area contributed by atoms with Gasteiger partial charge >= 0.3 is 0 Å². The van der Waals surface area contributed by atoms with E-state index in [0.29, 0.717) is 10.4 Å². The average Bonchev–Trinajstić information content (AvgIpc) is 2.82. The van der Waals surface area contributed by atoms with Gasteiger partial charge < -0.3 is 4.90 Å². The Labute approximate surface area is 128 Å². The molecule has 1 aliphatic rings. The number of nitrogens with zero attached hydrogens (tertiary/aromatic N) is 4. The standard InChI is InChI=1S/C15H22N4OS/c1-4-6-11-9-12(20)19-13(16-11)21-14(17-19)18-8-5-7-15(2,3)10-18/h9H,4-8,10H2,1-3H3. The van der Waals surface area contributed by atoms with Crippen molar-refractivity contribution >= 4 is 21.4 Å². The van der Waals surface area contributed by atoms with Gasteiger partial charge in [-0.2, -0.15) is 4.52 Å². The third-order valence-electron chi connectivity index (χ3n) is 3.96. The van der Waals surface area contributed by atoms with Crippen molar-refractivity contribution in [3.05, 3.63) is 22.1 Å². The quantitative estimate of drug-likeness (QED) is 0.875. The first kappa shape index (κ1) is 14.5. The summed E-state index contributed by atoms with van der Waals surface area (Å²) in [5.74, 6) is 0. The van der Waals surface area contributed by atoms with Crippen LogP contribution in [0.4, 0.5) is 5.13 Å². The summed E-state index contributed by atoms with van der Waals surface area (Å²) in [5, 5.41) is 5.41. The minimum absolute atomic E-state index is 0.0674. The molecule has 0 N–H and O–H groups in total. The zero-order chi connectivity index (χ0) is 15.0. The van der Waals surface area contributed by atoms with Crippen LogP contribution in [0.2, 0.25) is 0 Å². The van der Waals surface area contributed by atoms with Crippen molar-refractivity contribution in [3.63, 3.8) is 0 Å². The van der Waals surface area contributed by atoms with E-state index in [2.05, 4.69) is 35.8 Å². The van der Waals surface area contributed by atoms with Gasteiger partial charge in [-0.3, -0.25) is 4.79 Å². The van der Waals surface area contributed by atoms with E-state index < -0.39 is 0 Å². The molecule has 114 valence electrons. The van der Waals surface area contributed by atoms with E-state index in [1.165, 1.54) is 28.7 Å². The molecule has 0 aliphatic carbocycles. The molecular formula is C15H22N4OS. The van der Waals surface area contributed by atoms with Crippen LogP contribution < -0.4 is 10.5 Å². The van der Waals surface area contributed by atoms with Gasteiger partial charge in [0.1, 0.15) is 0 Å². The van der Waals surface area contributed by atoms with Crippen molar-refractivity contribution in [2.24, 2.45) is 5.41 Å². The molecule has 0 bridgehead atoms. The van der Waals surface area contributed by atoms with E-state index in [1.807, 2.05) is 0 Å². The van der Waals surface area contributed by atoms with E-state index in [-0.39, 0.29) is 5.56 Å². The number of piperidine rings is 1. The summed E-state index contributed by atoms with van der Waals surface area (Å²) < 4.78 is 1.45. The molecule has 0 radical (unpaired) electrons. The number of fused-ring (bicyclic) bond motifs is 1. The monoisotopic (exact) mass is 306 g/mol. The van der Waals surface area contributed by atoms with Crippen LogP contribution in [-0.2, 0) is 6.42 Å². The fourth-order valence-electron chi connectivity index (χ4n) is 2.94. The third-order valence-corrected chi connectivity index (χ3v) is 4.93. The molecule has 0 saturated carbocycles. The Morgan fingerprint density at radius 1 is 1.43 bits per heavy atom. The zero-order valence-electron chi connectivity index (χ0n) is 12.9. The van der Waals surface area contributed by atoms with Crippen molar-refractivity contribution in [1.29, 1.82) is 0 Å². The first-order valence-electron chi connectivity index (χ1n) is 7.63. The topological polar surface area (TPSA) is 50.5 Å². The lowest BCUT2D eigenvalue weighted by molar-refractivity contribution is 0.292. The Morgan fingerprint density at radius 2 is 2.24 bits per heavy atom. The minimum atomic E-state index is -0.0674. The summed E-state index contributed by atoms with van der Waals surface area (Å²) in [7, 11) is 0. The van der Waals surface area contributed by atoms with Gasteiger partial charge in [0.05, 0.1) is 0 Å². The second-order valence-corrected chi connectivity index (χ2v) is 7.54. The van der Waals surface area contributed by atoms with Crippen LogP contribution in [-0.4, -0.2) is 27.7 Å². The molecule has 0 spiro atoms. The van der Waals surface area contributed by atoms with Gasteiger partial charge in [0.15, 0.2) is 0 Å². The molecule has 21 heavy (non-hydrogen) atoms. The summed E-state index contributed by atoms with van der Waals surface area (Å²) >= 11 is 1.53. The zero-order valence-corrected chi connectivity index (χ0v) is 13.7.